The van der Waals surface area contributed by atoms with Crippen molar-refractivity contribution in [3.8, 4) is 0 Å². The van der Waals surface area contributed by atoms with Crippen LogP contribution in [0.5, 0.6) is 0 Å². The molecule has 0 fully saturated rings. The fourth-order valence-electron chi connectivity index (χ4n) is 2.24. The van der Waals surface area contributed by atoms with Crippen LogP contribution in [0.25, 0.3) is 0 Å². The maximum absolute atomic E-state index is 13.9. The highest BCUT2D eigenvalue weighted by atomic mass is 19.2. The van der Waals surface area contributed by atoms with Crippen LogP contribution in [-0.2, 0) is 6.42 Å². The molecule has 0 saturated heterocycles. The molecule has 0 atom stereocenters. The summed E-state index contributed by atoms with van der Waals surface area (Å²) in [6.45, 7) is 9.52. The van der Waals surface area contributed by atoms with Crippen LogP contribution in [0.2, 0.25) is 0 Å². The quantitative estimate of drug-likeness (QED) is 0.703. The van der Waals surface area contributed by atoms with Gasteiger partial charge in [0.25, 0.3) is 0 Å². The maximum atomic E-state index is 13.9. The van der Waals surface area contributed by atoms with Gasteiger partial charge in [-0.1, -0.05) is 27.2 Å². The monoisotopic (exact) mass is 226 g/mol. The molecule has 0 heterocycles. The van der Waals surface area contributed by atoms with Crippen molar-refractivity contribution in [2.75, 3.05) is 0 Å². The lowest BCUT2D eigenvalue weighted by Gasteiger charge is -2.18. The molecular weight excluding hydrogens is 206 g/mol. The normalized spacial score (nSPS) is 11.2. The Kier molecular flexibility index (Phi) is 4.06. The summed E-state index contributed by atoms with van der Waals surface area (Å²) in [7, 11) is 0. The van der Waals surface area contributed by atoms with Gasteiger partial charge in [0.2, 0.25) is 0 Å². The standard InChI is InChI=1S/C14H20F2/c1-6-7-11-9(4)10(5)12(8(2)3)14(16)13(11)15/h8H,6-7H2,1-5H3. The van der Waals surface area contributed by atoms with E-state index in [1.54, 1.807) is 0 Å². The molecule has 0 aliphatic heterocycles. The van der Waals surface area contributed by atoms with Gasteiger partial charge in [0.05, 0.1) is 0 Å². The number of halogens is 2. The molecule has 0 nitrogen and oxygen atoms in total. The third-order valence-electron chi connectivity index (χ3n) is 3.19. The summed E-state index contributed by atoms with van der Waals surface area (Å²) in [5, 5.41) is 0. The zero-order valence-corrected chi connectivity index (χ0v) is 10.7. The summed E-state index contributed by atoms with van der Waals surface area (Å²) in [6.07, 6.45) is 1.44. The highest BCUT2D eigenvalue weighted by Crippen LogP contribution is 2.30. The van der Waals surface area contributed by atoms with Crippen LogP contribution in [0.3, 0.4) is 0 Å². The first kappa shape index (κ1) is 13.1. The van der Waals surface area contributed by atoms with Crippen molar-refractivity contribution in [1.82, 2.24) is 0 Å². The van der Waals surface area contributed by atoms with Crippen molar-refractivity contribution in [1.29, 1.82) is 0 Å². The predicted octanol–water partition coefficient (Wildman–Crippen LogP) is 4.66. The second-order valence-corrected chi connectivity index (χ2v) is 4.67. The number of rotatable bonds is 3. The molecule has 0 amide bonds. The summed E-state index contributed by atoms with van der Waals surface area (Å²) in [5.74, 6) is -1.28. The van der Waals surface area contributed by atoms with Crippen LogP contribution >= 0.6 is 0 Å². The van der Waals surface area contributed by atoms with E-state index in [4.69, 9.17) is 0 Å². The van der Waals surface area contributed by atoms with Gasteiger partial charge in [-0.05, 0) is 48.4 Å². The van der Waals surface area contributed by atoms with Crippen LogP contribution in [0.4, 0.5) is 8.78 Å². The van der Waals surface area contributed by atoms with Crippen molar-refractivity contribution < 1.29 is 8.78 Å². The van der Waals surface area contributed by atoms with Crippen molar-refractivity contribution in [3.05, 3.63) is 33.9 Å². The minimum absolute atomic E-state index is 0.0175. The van der Waals surface area contributed by atoms with E-state index in [0.717, 1.165) is 17.5 Å². The van der Waals surface area contributed by atoms with Gasteiger partial charge in [-0.3, -0.25) is 0 Å². The molecular formula is C14H20F2. The second-order valence-electron chi connectivity index (χ2n) is 4.67. The van der Waals surface area contributed by atoms with E-state index in [1.165, 1.54) is 0 Å². The zero-order valence-electron chi connectivity index (χ0n) is 10.7. The third kappa shape index (κ3) is 2.11. The van der Waals surface area contributed by atoms with Gasteiger partial charge in [-0.25, -0.2) is 8.78 Å². The highest BCUT2D eigenvalue weighted by Gasteiger charge is 2.21. The van der Waals surface area contributed by atoms with E-state index in [0.29, 0.717) is 17.5 Å². The largest absolute Gasteiger partial charge is 0.203 e. The molecule has 2 heteroatoms. The Labute approximate surface area is 96.7 Å². The fourth-order valence-corrected chi connectivity index (χ4v) is 2.24. The van der Waals surface area contributed by atoms with Crippen LogP contribution in [-0.4, -0.2) is 0 Å². The summed E-state index contributed by atoms with van der Waals surface area (Å²) >= 11 is 0. The van der Waals surface area contributed by atoms with Gasteiger partial charge in [-0.2, -0.15) is 0 Å². The Hall–Kier alpha value is -0.920. The van der Waals surface area contributed by atoms with E-state index < -0.39 is 11.6 Å². The van der Waals surface area contributed by atoms with Gasteiger partial charge in [0.1, 0.15) is 0 Å². The molecule has 0 aromatic heterocycles. The van der Waals surface area contributed by atoms with E-state index in [9.17, 15) is 8.78 Å². The Balaban J connectivity index is 3.50. The second kappa shape index (κ2) is 4.94. The average molecular weight is 226 g/mol. The van der Waals surface area contributed by atoms with Gasteiger partial charge in [0.15, 0.2) is 11.6 Å². The lowest BCUT2D eigenvalue weighted by atomic mass is 9.89. The molecule has 0 radical (unpaired) electrons. The molecule has 1 aromatic carbocycles. The Morgan fingerprint density at radius 3 is 2.00 bits per heavy atom. The average Bonchev–Trinajstić information content (AvgIpc) is 2.21. The minimum Gasteiger partial charge on any atom is -0.203 e. The molecule has 16 heavy (non-hydrogen) atoms. The molecule has 1 rings (SSSR count). The Morgan fingerprint density at radius 2 is 1.56 bits per heavy atom. The summed E-state index contributed by atoms with van der Waals surface area (Å²) in [5.41, 5.74) is 2.87. The Bertz CT molecular complexity index is 363. The first-order chi connectivity index (χ1) is 7.41. The van der Waals surface area contributed by atoms with Gasteiger partial charge in [-0.15, -0.1) is 0 Å². The van der Waals surface area contributed by atoms with Crippen molar-refractivity contribution >= 4 is 0 Å². The van der Waals surface area contributed by atoms with Gasteiger partial charge in [0, 0.05) is 0 Å². The summed E-state index contributed by atoms with van der Waals surface area (Å²) in [6, 6.07) is 0. The van der Waals surface area contributed by atoms with E-state index in [-0.39, 0.29) is 5.92 Å². The molecule has 0 aliphatic carbocycles. The topological polar surface area (TPSA) is 0 Å². The van der Waals surface area contributed by atoms with E-state index in [2.05, 4.69) is 0 Å². The van der Waals surface area contributed by atoms with Crippen LogP contribution in [0.1, 0.15) is 55.4 Å². The van der Waals surface area contributed by atoms with Crippen LogP contribution in [0, 0.1) is 25.5 Å². The molecule has 0 aliphatic rings. The van der Waals surface area contributed by atoms with Gasteiger partial charge < -0.3 is 0 Å². The van der Waals surface area contributed by atoms with E-state index >= 15 is 0 Å². The molecule has 0 spiro atoms. The summed E-state index contributed by atoms with van der Waals surface area (Å²) < 4.78 is 27.8. The third-order valence-corrected chi connectivity index (χ3v) is 3.19. The Morgan fingerprint density at radius 1 is 1.00 bits per heavy atom. The van der Waals surface area contributed by atoms with Crippen molar-refractivity contribution in [3.63, 3.8) is 0 Å². The summed E-state index contributed by atoms with van der Waals surface area (Å²) in [4.78, 5) is 0. The lowest BCUT2D eigenvalue weighted by molar-refractivity contribution is 0.481. The van der Waals surface area contributed by atoms with Crippen LogP contribution in [0.15, 0.2) is 0 Å². The fraction of sp³-hybridized carbons (Fsp3) is 0.571. The first-order valence-corrected chi connectivity index (χ1v) is 5.88. The number of hydrogen-bond acceptors (Lipinski definition) is 0. The lowest BCUT2D eigenvalue weighted by Crippen LogP contribution is -2.08. The SMILES string of the molecule is CCCc1c(C)c(C)c(C(C)C)c(F)c1F. The zero-order chi connectivity index (χ0) is 12.5. The smallest absolute Gasteiger partial charge is 0.162 e. The first-order valence-electron chi connectivity index (χ1n) is 5.88. The predicted molar refractivity (Wildman–Crippen MR) is 63.9 cm³/mol. The van der Waals surface area contributed by atoms with Crippen LogP contribution < -0.4 is 0 Å². The molecule has 0 bridgehead atoms. The minimum atomic E-state index is -0.651. The molecule has 0 N–H and O–H groups in total. The molecule has 1 aromatic rings. The van der Waals surface area contributed by atoms with E-state index in [1.807, 2.05) is 34.6 Å². The van der Waals surface area contributed by atoms with Gasteiger partial charge >= 0.3 is 0 Å². The molecule has 90 valence electrons. The van der Waals surface area contributed by atoms with Crippen molar-refractivity contribution in [2.45, 2.75) is 53.4 Å². The van der Waals surface area contributed by atoms with Crippen molar-refractivity contribution in [2.24, 2.45) is 0 Å². The molecule has 0 unspecified atom stereocenters. The highest BCUT2D eigenvalue weighted by molar-refractivity contribution is 5.43. The molecule has 0 saturated carbocycles. The number of benzene rings is 1. The maximum Gasteiger partial charge on any atom is 0.162 e. The number of hydrogen-bond donors (Lipinski definition) is 0.